The summed E-state index contributed by atoms with van der Waals surface area (Å²) < 4.78 is 5.70. The lowest BCUT2D eigenvalue weighted by Crippen LogP contribution is -2.60. The Hall–Kier alpha value is -0.770. The van der Waals surface area contributed by atoms with Gasteiger partial charge in [-0.15, -0.1) is 0 Å². The summed E-state index contributed by atoms with van der Waals surface area (Å²) >= 11 is 0. The number of hydrogen-bond acceptors (Lipinski definition) is 4. The van der Waals surface area contributed by atoms with Gasteiger partial charge in [-0.3, -0.25) is 4.99 Å². The zero-order valence-corrected chi connectivity index (χ0v) is 9.98. The zero-order chi connectivity index (χ0) is 11.2. The lowest BCUT2D eigenvalue weighted by atomic mass is 9.68. The summed E-state index contributed by atoms with van der Waals surface area (Å²) in [5, 5.41) is 0. The molecular formula is C12H21N3O. The minimum Gasteiger partial charge on any atom is -0.376 e. The lowest BCUT2D eigenvalue weighted by Gasteiger charge is -2.50. The third-order valence-corrected chi connectivity index (χ3v) is 4.25. The second kappa shape index (κ2) is 3.62. The van der Waals surface area contributed by atoms with Gasteiger partial charge in [0.25, 0.3) is 0 Å². The topological polar surface area (TPSA) is 50.8 Å². The molecule has 3 aliphatic rings. The molecule has 2 aliphatic heterocycles. The van der Waals surface area contributed by atoms with Crippen molar-refractivity contribution in [3.05, 3.63) is 0 Å². The second-order valence-electron chi connectivity index (χ2n) is 5.66. The Morgan fingerprint density at radius 1 is 1.56 bits per heavy atom. The van der Waals surface area contributed by atoms with Crippen LogP contribution in [0, 0.1) is 5.92 Å². The summed E-state index contributed by atoms with van der Waals surface area (Å²) in [5.41, 5.74) is 6.27. The monoisotopic (exact) mass is 223 g/mol. The summed E-state index contributed by atoms with van der Waals surface area (Å²) in [6, 6.07) is 0. The fraction of sp³-hybridized carbons (Fsp3) is 0.917. The maximum Gasteiger partial charge on any atom is 0.191 e. The van der Waals surface area contributed by atoms with Crippen molar-refractivity contribution in [1.29, 1.82) is 0 Å². The normalized spacial score (nSPS) is 42.6. The minimum absolute atomic E-state index is 0.259. The van der Waals surface area contributed by atoms with E-state index in [-0.39, 0.29) is 5.54 Å². The van der Waals surface area contributed by atoms with E-state index in [0.29, 0.717) is 6.10 Å². The lowest BCUT2D eigenvalue weighted by molar-refractivity contribution is 0.0116. The highest BCUT2D eigenvalue weighted by atomic mass is 16.5. The number of nitrogens with zero attached hydrogens (tertiary/aromatic N) is 2. The van der Waals surface area contributed by atoms with Crippen LogP contribution in [0.2, 0.25) is 0 Å². The molecule has 4 heteroatoms. The standard InChI is InChI=1S/C12H21N3O/c1-9-5-12(6-9)8-14-11(13)15(12)7-10-3-2-4-16-10/h9-10H,2-8H2,1H3,(H2,13,14). The van der Waals surface area contributed by atoms with Gasteiger partial charge in [0, 0.05) is 13.2 Å². The van der Waals surface area contributed by atoms with Crippen molar-refractivity contribution in [3.8, 4) is 0 Å². The Kier molecular flexibility index (Phi) is 2.35. The molecule has 0 amide bonds. The van der Waals surface area contributed by atoms with Gasteiger partial charge in [-0.05, 0) is 31.6 Å². The molecule has 3 rings (SSSR count). The molecular weight excluding hydrogens is 202 g/mol. The molecule has 1 saturated carbocycles. The van der Waals surface area contributed by atoms with Crippen LogP contribution in [0.1, 0.15) is 32.6 Å². The van der Waals surface area contributed by atoms with E-state index in [1.807, 2.05) is 0 Å². The predicted molar refractivity (Wildman–Crippen MR) is 63.3 cm³/mol. The van der Waals surface area contributed by atoms with Crippen LogP contribution in [0.3, 0.4) is 0 Å². The molecule has 4 nitrogen and oxygen atoms in total. The molecule has 1 aliphatic carbocycles. The highest BCUT2D eigenvalue weighted by Crippen LogP contribution is 2.45. The third-order valence-electron chi connectivity index (χ3n) is 4.25. The van der Waals surface area contributed by atoms with Crippen LogP contribution in [0.15, 0.2) is 4.99 Å². The van der Waals surface area contributed by atoms with Gasteiger partial charge in [-0.1, -0.05) is 6.92 Å². The maximum absolute atomic E-state index is 6.01. The van der Waals surface area contributed by atoms with Crippen molar-refractivity contribution in [2.45, 2.75) is 44.2 Å². The van der Waals surface area contributed by atoms with Crippen molar-refractivity contribution in [2.75, 3.05) is 19.7 Å². The van der Waals surface area contributed by atoms with Gasteiger partial charge in [0.05, 0.1) is 18.2 Å². The van der Waals surface area contributed by atoms with Crippen molar-refractivity contribution < 1.29 is 4.74 Å². The van der Waals surface area contributed by atoms with Gasteiger partial charge in [-0.25, -0.2) is 0 Å². The first kappa shape index (κ1) is 10.4. The van der Waals surface area contributed by atoms with Crippen LogP contribution in [0.4, 0.5) is 0 Å². The molecule has 0 aromatic heterocycles. The van der Waals surface area contributed by atoms with E-state index in [1.165, 1.54) is 25.7 Å². The van der Waals surface area contributed by atoms with E-state index in [9.17, 15) is 0 Å². The first-order chi connectivity index (χ1) is 7.70. The Labute approximate surface area is 96.8 Å². The molecule has 90 valence electrons. The molecule has 0 aromatic carbocycles. The molecule has 2 fully saturated rings. The van der Waals surface area contributed by atoms with Crippen LogP contribution in [-0.4, -0.2) is 42.2 Å². The quantitative estimate of drug-likeness (QED) is 0.758. The van der Waals surface area contributed by atoms with Crippen LogP contribution in [0.25, 0.3) is 0 Å². The number of rotatable bonds is 2. The average Bonchev–Trinajstić information content (AvgIpc) is 2.80. The Balaban J connectivity index is 1.68. The van der Waals surface area contributed by atoms with Crippen molar-refractivity contribution in [3.63, 3.8) is 0 Å². The third kappa shape index (κ3) is 1.51. The van der Waals surface area contributed by atoms with E-state index < -0.39 is 0 Å². The van der Waals surface area contributed by atoms with Gasteiger partial charge in [0.1, 0.15) is 0 Å². The van der Waals surface area contributed by atoms with E-state index in [0.717, 1.165) is 31.6 Å². The van der Waals surface area contributed by atoms with Crippen LogP contribution in [-0.2, 0) is 4.74 Å². The van der Waals surface area contributed by atoms with Crippen LogP contribution in [0.5, 0.6) is 0 Å². The molecule has 1 spiro atoms. The first-order valence-corrected chi connectivity index (χ1v) is 6.39. The largest absolute Gasteiger partial charge is 0.376 e. The minimum atomic E-state index is 0.259. The summed E-state index contributed by atoms with van der Waals surface area (Å²) in [6.45, 7) is 5.07. The fourth-order valence-electron chi connectivity index (χ4n) is 3.51. The van der Waals surface area contributed by atoms with Crippen LogP contribution >= 0.6 is 0 Å². The summed E-state index contributed by atoms with van der Waals surface area (Å²) in [5.74, 6) is 1.57. The van der Waals surface area contributed by atoms with Crippen LogP contribution < -0.4 is 5.73 Å². The van der Waals surface area contributed by atoms with Gasteiger partial charge < -0.3 is 15.4 Å². The Morgan fingerprint density at radius 3 is 3.00 bits per heavy atom. The van der Waals surface area contributed by atoms with E-state index in [1.54, 1.807) is 0 Å². The zero-order valence-electron chi connectivity index (χ0n) is 9.98. The number of hydrogen-bond donors (Lipinski definition) is 1. The van der Waals surface area contributed by atoms with Gasteiger partial charge in [0.2, 0.25) is 0 Å². The highest BCUT2D eigenvalue weighted by Gasteiger charge is 2.50. The van der Waals surface area contributed by atoms with Gasteiger partial charge in [0.15, 0.2) is 5.96 Å². The summed E-state index contributed by atoms with van der Waals surface area (Å²) in [4.78, 5) is 6.76. The Bertz CT molecular complexity index is 303. The van der Waals surface area contributed by atoms with Gasteiger partial charge >= 0.3 is 0 Å². The summed E-state index contributed by atoms with van der Waals surface area (Å²) in [6.07, 6.45) is 5.22. The molecule has 1 saturated heterocycles. The van der Waals surface area contributed by atoms with Gasteiger partial charge in [-0.2, -0.15) is 0 Å². The van der Waals surface area contributed by atoms with Crippen molar-refractivity contribution >= 4 is 5.96 Å². The molecule has 1 unspecified atom stereocenters. The number of nitrogens with two attached hydrogens (primary N) is 1. The number of guanidine groups is 1. The molecule has 0 radical (unpaired) electrons. The van der Waals surface area contributed by atoms with Crippen molar-refractivity contribution in [2.24, 2.45) is 16.6 Å². The molecule has 0 bridgehead atoms. The Morgan fingerprint density at radius 2 is 2.38 bits per heavy atom. The molecule has 16 heavy (non-hydrogen) atoms. The first-order valence-electron chi connectivity index (χ1n) is 6.39. The second-order valence-corrected chi connectivity index (χ2v) is 5.66. The molecule has 0 aromatic rings. The highest BCUT2D eigenvalue weighted by molar-refractivity contribution is 5.81. The van der Waals surface area contributed by atoms with E-state index >= 15 is 0 Å². The molecule has 1 atom stereocenters. The van der Waals surface area contributed by atoms with E-state index in [4.69, 9.17) is 10.5 Å². The maximum atomic E-state index is 6.01. The smallest absolute Gasteiger partial charge is 0.191 e. The SMILES string of the molecule is CC1CC2(CN=C(N)N2CC2CCCO2)C1. The number of aliphatic imine (C=N–C) groups is 1. The average molecular weight is 223 g/mol. The van der Waals surface area contributed by atoms with Crippen molar-refractivity contribution in [1.82, 2.24) is 4.90 Å². The molecule has 2 N–H and O–H groups in total. The number of ether oxygens (including phenoxy) is 1. The fourth-order valence-corrected chi connectivity index (χ4v) is 3.51. The summed E-state index contributed by atoms with van der Waals surface area (Å²) in [7, 11) is 0. The molecule has 2 heterocycles. The predicted octanol–water partition coefficient (Wildman–Crippen LogP) is 0.964. The van der Waals surface area contributed by atoms with E-state index in [2.05, 4.69) is 16.8 Å².